The van der Waals surface area contributed by atoms with Crippen molar-refractivity contribution in [2.45, 2.75) is 26.3 Å². The van der Waals surface area contributed by atoms with Crippen molar-refractivity contribution in [3.63, 3.8) is 0 Å². The maximum absolute atomic E-state index is 5.95. The minimum atomic E-state index is 0.0859. The summed E-state index contributed by atoms with van der Waals surface area (Å²) in [4.78, 5) is 0. The van der Waals surface area contributed by atoms with E-state index in [4.69, 9.17) is 10.5 Å². The lowest BCUT2D eigenvalue weighted by molar-refractivity contribution is 0.334. The topological polar surface area (TPSA) is 35.2 Å². The molecular formula is C11H17NO. The van der Waals surface area contributed by atoms with Gasteiger partial charge in [0.1, 0.15) is 5.75 Å². The van der Waals surface area contributed by atoms with Crippen molar-refractivity contribution >= 4 is 0 Å². The van der Waals surface area contributed by atoms with Gasteiger partial charge >= 0.3 is 0 Å². The molecule has 0 aliphatic heterocycles. The van der Waals surface area contributed by atoms with Crippen LogP contribution in [0.3, 0.4) is 0 Å². The molecule has 2 heteroatoms. The van der Waals surface area contributed by atoms with Gasteiger partial charge in [0.2, 0.25) is 0 Å². The van der Waals surface area contributed by atoms with Crippen LogP contribution in [0.15, 0.2) is 24.3 Å². The second-order valence-corrected chi connectivity index (χ2v) is 2.99. The van der Waals surface area contributed by atoms with E-state index in [0.717, 1.165) is 17.7 Å². The van der Waals surface area contributed by atoms with E-state index in [2.05, 4.69) is 6.92 Å². The molecule has 2 N–H and O–H groups in total. The van der Waals surface area contributed by atoms with Crippen molar-refractivity contribution in [3.05, 3.63) is 29.8 Å². The number of para-hydroxylation sites is 1. The van der Waals surface area contributed by atoms with Crippen molar-refractivity contribution in [1.29, 1.82) is 0 Å². The summed E-state index contributed by atoms with van der Waals surface area (Å²) < 4.78 is 5.48. The number of hydrogen-bond donors (Lipinski definition) is 1. The highest BCUT2D eigenvalue weighted by Gasteiger charge is 2.08. The molecule has 1 rings (SSSR count). The van der Waals surface area contributed by atoms with Crippen molar-refractivity contribution in [1.82, 2.24) is 0 Å². The highest BCUT2D eigenvalue weighted by molar-refractivity contribution is 5.35. The summed E-state index contributed by atoms with van der Waals surface area (Å²) in [6.07, 6.45) is 0.935. The molecule has 0 heterocycles. The summed E-state index contributed by atoms with van der Waals surface area (Å²) >= 11 is 0. The van der Waals surface area contributed by atoms with Gasteiger partial charge in [0, 0.05) is 11.6 Å². The first kappa shape index (κ1) is 10.1. The van der Waals surface area contributed by atoms with E-state index < -0.39 is 0 Å². The molecule has 0 saturated carbocycles. The van der Waals surface area contributed by atoms with Gasteiger partial charge < -0.3 is 10.5 Å². The van der Waals surface area contributed by atoms with Gasteiger partial charge in [0.25, 0.3) is 0 Å². The molecule has 0 saturated heterocycles. The smallest absolute Gasteiger partial charge is 0.124 e. The van der Waals surface area contributed by atoms with Crippen LogP contribution in [0.1, 0.15) is 31.9 Å². The zero-order chi connectivity index (χ0) is 9.68. The summed E-state index contributed by atoms with van der Waals surface area (Å²) in [5.41, 5.74) is 7.05. The lowest BCUT2D eigenvalue weighted by Gasteiger charge is -2.14. The van der Waals surface area contributed by atoms with Gasteiger partial charge in [-0.05, 0) is 19.4 Å². The Morgan fingerprint density at radius 2 is 2.00 bits per heavy atom. The maximum atomic E-state index is 5.95. The Morgan fingerprint density at radius 3 is 2.62 bits per heavy atom. The Hall–Kier alpha value is -1.02. The lowest BCUT2D eigenvalue weighted by Crippen LogP contribution is -2.10. The third-order valence-electron chi connectivity index (χ3n) is 2.06. The predicted octanol–water partition coefficient (Wildman–Crippen LogP) is 2.50. The Balaban J connectivity index is 2.90. The van der Waals surface area contributed by atoms with Crippen LogP contribution < -0.4 is 10.5 Å². The predicted molar refractivity (Wildman–Crippen MR) is 54.8 cm³/mol. The van der Waals surface area contributed by atoms with Gasteiger partial charge in [-0.2, -0.15) is 0 Å². The third kappa shape index (κ3) is 2.46. The molecule has 0 aliphatic carbocycles. The Morgan fingerprint density at radius 1 is 1.31 bits per heavy atom. The fraction of sp³-hybridized carbons (Fsp3) is 0.455. The van der Waals surface area contributed by atoms with Gasteiger partial charge in [-0.1, -0.05) is 25.1 Å². The van der Waals surface area contributed by atoms with Crippen LogP contribution in [0, 0.1) is 0 Å². The largest absolute Gasteiger partial charge is 0.494 e. The molecule has 0 aliphatic rings. The van der Waals surface area contributed by atoms with Crippen LogP contribution in [0.5, 0.6) is 5.75 Å². The summed E-state index contributed by atoms with van der Waals surface area (Å²) in [5.74, 6) is 0.916. The quantitative estimate of drug-likeness (QED) is 0.770. The highest BCUT2D eigenvalue weighted by Crippen LogP contribution is 2.24. The summed E-state index contributed by atoms with van der Waals surface area (Å²) in [6.45, 7) is 4.75. The molecule has 2 nitrogen and oxygen atoms in total. The molecule has 0 fully saturated rings. The van der Waals surface area contributed by atoms with E-state index in [1.165, 1.54) is 0 Å². The summed E-state index contributed by atoms with van der Waals surface area (Å²) in [6, 6.07) is 8.04. The number of benzene rings is 1. The molecule has 72 valence electrons. The fourth-order valence-electron chi connectivity index (χ4n) is 1.29. The SMILES string of the molecule is CCOc1ccccc1[C@H](N)CC. The number of ether oxygens (including phenoxy) is 1. The third-order valence-corrected chi connectivity index (χ3v) is 2.06. The first-order chi connectivity index (χ1) is 6.29. The lowest BCUT2D eigenvalue weighted by atomic mass is 10.0. The molecule has 0 unspecified atom stereocenters. The normalized spacial score (nSPS) is 12.5. The molecule has 0 radical (unpaired) electrons. The van der Waals surface area contributed by atoms with Crippen LogP contribution in [0.4, 0.5) is 0 Å². The second kappa shape index (κ2) is 4.87. The monoisotopic (exact) mass is 179 g/mol. The molecule has 1 aromatic carbocycles. The van der Waals surface area contributed by atoms with Crippen molar-refractivity contribution in [2.24, 2.45) is 5.73 Å². The summed E-state index contributed by atoms with van der Waals surface area (Å²) in [5, 5.41) is 0. The average Bonchev–Trinajstić information content (AvgIpc) is 2.18. The van der Waals surface area contributed by atoms with E-state index in [1.807, 2.05) is 31.2 Å². The zero-order valence-electron chi connectivity index (χ0n) is 8.29. The Labute approximate surface area is 79.7 Å². The minimum Gasteiger partial charge on any atom is -0.494 e. The van der Waals surface area contributed by atoms with Crippen LogP contribution in [0.25, 0.3) is 0 Å². The standard InChI is InChI=1S/C11H17NO/c1-3-10(12)9-7-5-6-8-11(9)13-4-2/h5-8,10H,3-4,12H2,1-2H3/t10-/m1/s1. The number of hydrogen-bond acceptors (Lipinski definition) is 2. The van der Waals surface area contributed by atoms with Crippen LogP contribution in [-0.2, 0) is 0 Å². The van der Waals surface area contributed by atoms with Crippen molar-refractivity contribution in [2.75, 3.05) is 6.61 Å². The first-order valence-corrected chi connectivity index (χ1v) is 4.76. The minimum absolute atomic E-state index is 0.0859. The van der Waals surface area contributed by atoms with Gasteiger partial charge in [-0.3, -0.25) is 0 Å². The fourth-order valence-corrected chi connectivity index (χ4v) is 1.29. The molecule has 1 atom stereocenters. The van der Waals surface area contributed by atoms with E-state index in [0.29, 0.717) is 6.61 Å². The molecular weight excluding hydrogens is 162 g/mol. The second-order valence-electron chi connectivity index (χ2n) is 2.99. The average molecular weight is 179 g/mol. The van der Waals surface area contributed by atoms with Crippen LogP contribution in [0.2, 0.25) is 0 Å². The van der Waals surface area contributed by atoms with Crippen molar-refractivity contribution in [3.8, 4) is 5.75 Å². The zero-order valence-corrected chi connectivity index (χ0v) is 8.29. The van der Waals surface area contributed by atoms with E-state index in [-0.39, 0.29) is 6.04 Å². The van der Waals surface area contributed by atoms with Gasteiger partial charge in [-0.25, -0.2) is 0 Å². The van der Waals surface area contributed by atoms with Crippen molar-refractivity contribution < 1.29 is 4.74 Å². The van der Waals surface area contributed by atoms with Crippen LogP contribution >= 0.6 is 0 Å². The van der Waals surface area contributed by atoms with E-state index in [1.54, 1.807) is 0 Å². The van der Waals surface area contributed by atoms with Gasteiger partial charge in [0.05, 0.1) is 6.61 Å². The number of rotatable bonds is 4. The number of nitrogens with two attached hydrogens (primary N) is 1. The molecule has 0 amide bonds. The highest BCUT2D eigenvalue weighted by atomic mass is 16.5. The van der Waals surface area contributed by atoms with Gasteiger partial charge in [-0.15, -0.1) is 0 Å². The summed E-state index contributed by atoms with van der Waals surface area (Å²) in [7, 11) is 0. The Bertz CT molecular complexity index is 260. The molecule has 0 aromatic heterocycles. The molecule has 13 heavy (non-hydrogen) atoms. The molecule has 0 spiro atoms. The first-order valence-electron chi connectivity index (χ1n) is 4.76. The van der Waals surface area contributed by atoms with Crippen LogP contribution in [-0.4, -0.2) is 6.61 Å². The van der Waals surface area contributed by atoms with E-state index >= 15 is 0 Å². The van der Waals surface area contributed by atoms with E-state index in [9.17, 15) is 0 Å². The Kier molecular flexibility index (Phi) is 3.77. The van der Waals surface area contributed by atoms with Gasteiger partial charge in [0.15, 0.2) is 0 Å². The maximum Gasteiger partial charge on any atom is 0.124 e. The molecule has 0 bridgehead atoms. The molecule has 1 aromatic rings.